The first-order valence-corrected chi connectivity index (χ1v) is 6.30. The first-order valence-electron chi connectivity index (χ1n) is 4.69. The van der Waals surface area contributed by atoms with Crippen molar-refractivity contribution in [3.63, 3.8) is 0 Å². The summed E-state index contributed by atoms with van der Waals surface area (Å²) < 4.78 is 1.22. The van der Waals surface area contributed by atoms with E-state index in [1.807, 2.05) is 11.3 Å². The fourth-order valence-electron chi connectivity index (χ4n) is 1.91. The Kier molecular flexibility index (Phi) is 3.06. The van der Waals surface area contributed by atoms with Crippen LogP contribution in [0.4, 0.5) is 0 Å². The Labute approximate surface area is 90.9 Å². The van der Waals surface area contributed by atoms with E-state index in [0.29, 0.717) is 5.92 Å². The van der Waals surface area contributed by atoms with Gasteiger partial charge in [0.05, 0.1) is 9.89 Å². The van der Waals surface area contributed by atoms with Crippen LogP contribution in [0.15, 0.2) is 15.9 Å². The number of aliphatic hydroxyl groups is 1. The average Bonchev–Trinajstić information content (AvgIpc) is 2.53. The summed E-state index contributed by atoms with van der Waals surface area (Å²) in [5, 5.41) is 9.37. The summed E-state index contributed by atoms with van der Waals surface area (Å²) in [6.07, 6.45) is 4.20. The molecule has 0 spiro atoms. The molecule has 1 saturated carbocycles. The van der Waals surface area contributed by atoms with E-state index in [0.717, 1.165) is 25.7 Å². The predicted molar refractivity (Wildman–Crippen MR) is 59.2 cm³/mol. The molecular weight excluding hydrogens is 248 g/mol. The van der Waals surface area contributed by atoms with Crippen LogP contribution < -0.4 is 0 Å². The molecule has 0 atom stereocenters. The molecule has 72 valence electrons. The van der Waals surface area contributed by atoms with Gasteiger partial charge in [0.2, 0.25) is 0 Å². The van der Waals surface area contributed by atoms with Crippen molar-refractivity contribution >= 4 is 27.3 Å². The largest absolute Gasteiger partial charge is 0.393 e. The molecular formula is C10H13BrOS. The third-order valence-electron chi connectivity index (χ3n) is 2.69. The summed E-state index contributed by atoms with van der Waals surface area (Å²) in [6, 6.07) is 4.32. The Morgan fingerprint density at radius 2 is 1.92 bits per heavy atom. The fraction of sp³-hybridized carbons (Fsp3) is 0.600. The second kappa shape index (κ2) is 4.11. The molecule has 0 aromatic carbocycles. The Morgan fingerprint density at radius 3 is 2.46 bits per heavy atom. The van der Waals surface area contributed by atoms with Crippen LogP contribution >= 0.6 is 27.3 Å². The topological polar surface area (TPSA) is 20.2 Å². The molecule has 0 unspecified atom stereocenters. The molecule has 0 radical (unpaired) electrons. The Bertz CT molecular complexity index is 276. The molecule has 1 fully saturated rings. The van der Waals surface area contributed by atoms with Gasteiger partial charge in [0.25, 0.3) is 0 Å². The van der Waals surface area contributed by atoms with Crippen molar-refractivity contribution in [1.29, 1.82) is 0 Å². The lowest BCUT2D eigenvalue weighted by molar-refractivity contribution is 0.123. The zero-order valence-corrected chi connectivity index (χ0v) is 9.77. The van der Waals surface area contributed by atoms with Gasteiger partial charge in [-0.3, -0.25) is 0 Å². The minimum atomic E-state index is -0.0420. The van der Waals surface area contributed by atoms with Gasteiger partial charge < -0.3 is 5.11 Å². The first-order chi connectivity index (χ1) is 6.25. The monoisotopic (exact) mass is 260 g/mol. The molecule has 1 nitrogen and oxygen atoms in total. The smallest absolute Gasteiger partial charge is 0.0701 e. The maximum Gasteiger partial charge on any atom is 0.0701 e. The van der Waals surface area contributed by atoms with Crippen LogP contribution in [0.2, 0.25) is 0 Å². The van der Waals surface area contributed by atoms with Gasteiger partial charge in [0, 0.05) is 4.88 Å². The van der Waals surface area contributed by atoms with E-state index in [2.05, 4.69) is 28.1 Å². The molecule has 2 rings (SSSR count). The Balaban J connectivity index is 2.02. The highest BCUT2D eigenvalue weighted by Gasteiger charge is 2.21. The van der Waals surface area contributed by atoms with Crippen molar-refractivity contribution in [3.8, 4) is 0 Å². The van der Waals surface area contributed by atoms with Crippen molar-refractivity contribution in [2.24, 2.45) is 0 Å². The number of aliphatic hydroxyl groups excluding tert-OH is 1. The van der Waals surface area contributed by atoms with Crippen molar-refractivity contribution in [1.82, 2.24) is 0 Å². The highest BCUT2D eigenvalue weighted by molar-refractivity contribution is 9.11. The van der Waals surface area contributed by atoms with E-state index in [4.69, 9.17) is 0 Å². The maximum absolute atomic E-state index is 9.37. The van der Waals surface area contributed by atoms with E-state index in [-0.39, 0.29) is 6.10 Å². The van der Waals surface area contributed by atoms with Crippen molar-refractivity contribution < 1.29 is 5.11 Å². The molecule has 3 heteroatoms. The average molecular weight is 261 g/mol. The summed E-state index contributed by atoms with van der Waals surface area (Å²) >= 11 is 5.31. The van der Waals surface area contributed by atoms with Crippen molar-refractivity contribution in [2.45, 2.75) is 37.7 Å². The van der Waals surface area contributed by atoms with Crippen LogP contribution in [0, 0.1) is 0 Å². The van der Waals surface area contributed by atoms with Crippen LogP contribution in [-0.4, -0.2) is 11.2 Å². The standard InChI is InChI=1S/C10H13BrOS/c11-10-6-5-9(13-10)7-1-3-8(12)4-2-7/h5-8,12H,1-4H2. The quantitative estimate of drug-likeness (QED) is 0.819. The minimum Gasteiger partial charge on any atom is -0.393 e. The van der Waals surface area contributed by atoms with Gasteiger partial charge in [-0.2, -0.15) is 0 Å². The highest BCUT2D eigenvalue weighted by atomic mass is 79.9. The lowest BCUT2D eigenvalue weighted by Gasteiger charge is -2.24. The molecule has 1 aromatic rings. The highest BCUT2D eigenvalue weighted by Crippen LogP contribution is 2.37. The Hall–Kier alpha value is 0.140. The van der Waals surface area contributed by atoms with Gasteiger partial charge in [0.15, 0.2) is 0 Å². The molecule has 1 heterocycles. The summed E-state index contributed by atoms with van der Waals surface area (Å²) in [4.78, 5) is 1.47. The number of halogens is 1. The predicted octanol–water partition coefficient (Wildman–Crippen LogP) is 3.53. The van der Waals surface area contributed by atoms with Crippen LogP contribution in [0.25, 0.3) is 0 Å². The molecule has 13 heavy (non-hydrogen) atoms. The molecule has 0 saturated heterocycles. The summed E-state index contributed by atoms with van der Waals surface area (Å²) in [5.41, 5.74) is 0. The van der Waals surface area contributed by atoms with E-state index in [1.54, 1.807) is 0 Å². The van der Waals surface area contributed by atoms with E-state index >= 15 is 0 Å². The van der Waals surface area contributed by atoms with Crippen molar-refractivity contribution in [2.75, 3.05) is 0 Å². The molecule has 0 aliphatic heterocycles. The summed E-state index contributed by atoms with van der Waals surface area (Å²) in [6.45, 7) is 0. The number of rotatable bonds is 1. The van der Waals surface area contributed by atoms with Gasteiger partial charge in [-0.25, -0.2) is 0 Å². The zero-order chi connectivity index (χ0) is 9.26. The third-order valence-corrected chi connectivity index (χ3v) is 4.48. The van der Waals surface area contributed by atoms with Gasteiger partial charge in [-0.15, -0.1) is 11.3 Å². The van der Waals surface area contributed by atoms with E-state index < -0.39 is 0 Å². The Morgan fingerprint density at radius 1 is 1.23 bits per heavy atom. The second-order valence-corrected chi connectivity index (χ2v) is 6.14. The summed E-state index contributed by atoms with van der Waals surface area (Å²) in [7, 11) is 0. The van der Waals surface area contributed by atoms with Gasteiger partial charge >= 0.3 is 0 Å². The second-order valence-electron chi connectivity index (χ2n) is 3.65. The first kappa shape index (κ1) is 9.69. The maximum atomic E-state index is 9.37. The lowest BCUT2D eigenvalue weighted by atomic mass is 9.86. The van der Waals surface area contributed by atoms with E-state index in [9.17, 15) is 5.11 Å². The van der Waals surface area contributed by atoms with Gasteiger partial charge in [-0.1, -0.05) is 0 Å². The molecule has 0 amide bonds. The number of hydrogen-bond donors (Lipinski definition) is 1. The van der Waals surface area contributed by atoms with Crippen LogP contribution in [0.3, 0.4) is 0 Å². The van der Waals surface area contributed by atoms with Crippen LogP contribution in [0.1, 0.15) is 36.5 Å². The summed E-state index contributed by atoms with van der Waals surface area (Å²) in [5.74, 6) is 0.694. The minimum absolute atomic E-state index is 0.0420. The molecule has 1 aliphatic rings. The van der Waals surface area contributed by atoms with E-state index in [1.165, 1.54) is 8.66 Å². The molecule has 1 aromatic heterocycles. The van der Waals surface area contributed by atoms with Gasteiger partial charge in [0.1, 0.15) is 0 Å². The lowest BCUT2D eigenvalue weighted by Crippen LogP contribution is -2.16. The SMILES string of the molecule is OC1CCC(c2ccc(Br)s2)CC1. The molecule has 1 N–H and O–H groups in total. The number of hydrogen-bond acceptors (Lipinski definition) is 2. The number of thiophene rings is 1. The zero-order valence-electron chi connectivity index (χ0n) is 7.37. The molecule has 1 aliphatic carbocycles. The van der Waals surface area contributed by atoms with Gasteiger partial charge in [-0.05, 0) is 59.7 Å². The third kappa shape index (κ3) is 2.33. The van der Waals surface area contributed by atoms with Crippen LogP contribution in [-0.2, 0) is 0 Å². The van der Waals surface area contributed by atoms with Crippen LogP contribution in [0.5, 0.6) is 0 Å². The molecule has 0 bridgehead atoms. The fourth-order valence-corrected chi connectivity index (χ4v) is 3.50. The normalized spacial score (nSPS) is 29.1. The van der Waals surface area contributed by atoms with Crippen molar-refractivity contribution in [3.05, 3.63) is 20.8 Å².